The molecule has 35 heavy (non-hydrogen) atoms. The van der Waals surface area contributed by atoms with E-state index in [0.717, 1.165) is 49.2 Å². The summed E-state index contributed by atoms with van der Waals surface area (Å²) in [6, 6.07) is 6.31. The third-order valence-corrected chi connectivity index (χ3v) is 8.14. The van der Waals surface area contributed by atoms with E-state index in [1.165, 1.54) is 47.8 Å². The summed E-state index contributed by atoms with van der Waals surface area (Å²) in [4.78, 5) is 11.9. The van der Waals surface area contributed by atoms with Gasteiger partial charge in [-0.2, -0.15) is 0 Å². The molecule has 188 valence electrons. The van der Waals surface area contributed by atoms with Gasteiger partial charge < -0.3 is 10.2 Å². The molecular formula is C26H33ClFN5S2. The first-order valence-corrected chi connectivity index (χ1v) is 14.4. The van der Waals surface area contributed by atoms with E-state index in [1.807, 2.05) is 18.1 Å². The van der Waals surface area contributed by atoms with Gasteiger partial charge in [-0.05, 0) is 44.4 Å². The maximum atomic E-state index is 12.1. The van der Waals surface area contributed by atoms with Crippen molar-refractivity contribution in [1.82, 2.24) is 19.9 Å². The molecule has 1 aliphatic carbocycles. The molecule has 1 aromatic heterocycles. The molecular weight excluding hydrogens is 501 g/mol. The van der Waals surface area contributed by atoms with Crippen LogP contribution in [0.15, 0.2) is 63.9 Å². The maximum absolute atomic E-state index is 12.1. The Bertz CT molecular complexity index is 1050. The van der Waals surface area contributed by atoms with Crippen molar-refractivity contribution in [3.63, 3.8) is 0 Å². The van der Waals surface area contributed by atoms with Crippen LogP contribution in [0.4, 0.5) is 4.39 Å². The third kappa shape index (κ3) is 7.56. The van der Waals surface area contributed by atoms with E-state index in [-0.39, 0.29) is 5.82 Å². The molecule has 1 atom stereocenters. The van der Waals surface area contributed by atoms with Gasteiger partial charge >= 0.3 is 0 Å². The number of likely N-dealkylation sites (N-methyl/N-ethyl adjacent to an activating group) is 1. The third-order valence-electron chi connectivity index (χ3n) is 5.85. The van der Waals surface area contributed by atoms with E-state index in [2.05, 4.69) is 45.2 Å². The van der Waals surface area contributed by atoms with Gasteiger partial charge in [0.1, 0.15) is 11.7 Å². The first-order valence-electron chi connectivity index (χ1n) is 12.2. The smallest absolute Gasteiger partial charge is 0.124 e. The van der Waals surface area contributed by atoms with Crippen LogP contribution in [0.1, 0.15) is 44.5 Å². The molecule has 1 saturated heterocycles. The number of nitrogens with zero attached hydrogens (tertiary/aromatic N) is 3. The van der Waals surface area contributed by atoms with Crippen LogP contribution in [0.2, 0.25) is 5.02 Å². The Hall–Kier alpha value is -1.87. The lowest BCUT2D eigenvalue weighted by atomic mass is 10.0. The zero-order valence-corrected chi connectivity index (χ0v) is 22.7. The SMILES string of the molecule is CC/C=C(\NCC)C1=C2CC(NSC3CC3)CN2C(Cc2nccs2)=NC1.Fc1cccc(Cl)c1. The molecule has 2 fully saturated rings. The molecule has 2 aromatic rings. The monoisotopic (exact) mass is 533 g/mol. The average Bonchev–Trinajstić information content (AvgIpc) is 3.33. The van der Waals surface area contributed by atoms with Crippen LogP contribution in [0.5, 0.6) is 0 Å². The minimum absolute atomic E-state index is 0.294. The van der Waals surface area contributed by atoms with Crippen LogP contribution in [0, 0.1) is 5.82 Å². The van der Waals surface area contributed by atoms with Crippen molar-refractivity contribution in [3.05, 3.63) is 74.7 Å². The van der Waals surface area contributed by atoms with Gasteiger partial charge in [0.25, 0.3) is 0 Å². The fourth-order valence-corrected chi connectivity index (χ4v) is 5.82. The summed E-state index contributed by atoms with van der Waals surface area (Å²) in [6.07, 6.45) is 9.88. The summed E-state index contributed by atoms with van der Waals surface area (Å²) >= 11 is 9.07. The highest BCUT2D eigenvalue weighted by atomic mass is 35.5. The molecule has 2 aliphatic heterocycles. The van der Waals surface area contributed by atoms with E-state index >= 15 is 0 Å². The van der Waals surface area contributed by atoms with Gasteiger partial charge in [0.15, 0.2) is 0 Å². The highest BCUT2D eigenvalue weighted by Gasteiger charge is 2.36. The summed E-state index contributed by atoms with van der Waals surface area (Å²) in [6.45, 7) is 7.09. The van der Waals surface area contributed by atoms with Gasteiger partial charge in [-0.1, -0.05) is 42.6 Å². The number of halogens is 2. The number of hydrogen-bond donors (Lipinski definition) is 2. The lowest BCUT2D eigenvalue weighted by Gasteiger charge is -2.29. The van der Waals surface area contributed by atoms with Crippen molar-refractivity contribution < 1.29 is 4.39 Å². The molecule has 5 nitrogen and oxygen atoms in total. The summed E-state index contributed by atoms with van der Waals surface area (Å²) in [5.41, 5.74) is 4.10. The summed E-state index contributed by atoms with van der Waals surface area (Å²) < 4.78 is 15.8. The Morgan fingerprint density at radius 2 is 2.20 bits per heavy atom. The zero-order chi connectivity index (χ0) is 24.6. The molecule has 3 heterocycles. The van der Waals surface area contributed by atoms with Crippen LogP contribution in [0.25, 0.3) is 0 Å². The summed E-state index contributed by atoms with van der Waals surface area (Å²) in [5, 5.41) is 8.04. The molecule has 9 heteroatoms. The number of rotatable bonds is 9. The maximum Gasteiger partial charge on any atom is 0.124 e. The molecule has 1 aromatic carbocycles. The number of nitrogens with one attached hydrogen (secondary N) is 2. The van der Waals surface area contributed by atoms with Gasteiger partial charge in [-0.25, -0.2) is 9.37 Å². The Morgan fingerprint density at radius 1 is 1.34 bits per heavy atom. The zero-order valence-electron chi connectivity index (χ0n) is 20.3. The van der Waals surface area contributed by atoms with Crippen molar-refractivity contribution in [2.24, 2.45) is 4.99 Å². The van der Waals surface area contributed by atoms with Gasteiger partial charge in [0, 0.05) is 64.4 Å². The number of benzene rings is 1. The number of amidine groups is 1. The Kier molecular flexibility index (Phi) is 9.66. The largest absolute Gasteiger partial charge is 0.385 e. The highest BCUT2D eigenvalue weighted by Crippen LogP contribution is 2.36. The molecule has 0 amide bonds. The molecule has 0 spiro atoms. The van der Waals surface area contributed by atoms with Crippen LogP contribution < -0.4 is 10.0 Å². The number of fused-ring (bicyclic) bond motifs is 1. The fraction of sp³-hybridized carbons (Fsp3) is 0.462. The lowest BCUT2D eigenvalue weighted by Crippen LogP contribution is -2.36. The molecule has 1 saturated carbocycles. The molecule has 5 rings (SSSR count). The molecule has 2 N–H and O–H groups in total. The van der Waals surface area contributed by atoms with Crippen molar-refractivity contribution >= 4 is 40.7 Å². The minimum Gasteiger partial charge on any atom is -0.385 e. The van der Waals surface area contributed by atoms with E-state index in [0.29, 0.717) is 11.1 Å². The Labute approximate surface area is 221 Å². The van der Waals surface area contributed by atoms with Crippen LogP contribution >= 0.6 is 34.9 Å². The second-order valence-electron chi connectivity index (χ2n) is 8.70. The molecule has 3 aliphatic rings. The number of thiazole rings is 1. The number of allylic oxidation sites excluding steroid dienone is 1. The standard InChI is InChI=1S/C20H29N5S2.C6H4ClF/c1-3-5-17(21-4-2)16-12-23-19(11-20-22-8-9-26-20)25-13-14(10-18(16)25)24-27-15-6-7-15;7-5-2-1-3-6(8)4-5/h5,8-9,14-15,21,24H,3-4,6-7,10-13H2,1-2H3;1-4H/b17-5-;. The van der Waals surface area contributed by atoms with E-state index in [9.17, 15) is 4.39 Å². The van der Waals surface area contributed by atoms with E-state index in [4.69, 9.17) is 16.6 Å². The van der Waals surface area contributed by atoms with E-state index in [1.54, 1.807) is 23.5 Å². The van der Waals surface area contributed by atoms with Gasteiger partial charge in [0.05, 0.1) is 18.0 Å². The fourth-order valence-electron chi connectivity index (χ4n) is 4.11. The number of aliphatic imine (C=N–C) groups is 1. The van der Waals surface area contributed by atoms with Gasteiger partial charge in [0.2, 0.25) is 0 Å². The molecule has 1 unspecified atom stereocenters. The van der Waals surface area contributed by atoms with Crippen LogP contribution in [-0.2, 0) is 6.42 Å². The van der Waals surface area contributed by atoms with Crippen LogP contribution in [-0.4, -0.2) is 46.6 Å². The van der Waals surface area contributed by atoms with Gasteiger partial charge in [-0.15, -0.1) is 11.3 Å². The van der Waals surface area contributed by atoms with Gasteiger partial charge in [-0.3, -0.25) is 9.71 Å². The number of aromatic nitrogens is 1. The topological polar surface area (TPSA) is 52.5 Å². The molecule has 0 radical (unpaired) electrons. The van der Waals surface area contributed by atoms with Crippen molar-refractivity contribution in [2.75, 3.05) is 19.6 Å². The molecule has 0 bridgehead atoms. The number of hydrogen-bond acceptors (Lipinski definition) is 7. The second kappa shape index (κ2) is 12.9. The normalized spacial score (nSPS) is 19.8. The lowest BCUT2D eigenvalue weighted by molar-refractivity contribution is 0.528. The highest BCUT2D eigenvalue weighted by molar-refractivity contribution is 7.98. The predicted molar refractivity (Wildman–Crippen MR) is 147 cm³/mol. The summed E-state index contributed by atoms with van der Waals surface area (Å²) in [5.74, 6) is 0.884. The second-order valence-corrected chi connectivity index (χ2v) is 11.3. The quantitative estimate of drug-likeness (QED) is 0.375. The van der Waals surface area contributed by atoms with Crippen LogP contribution in [0.3, 0.4) is 0 Å². The van der Waals surface area contributed by atoms with Crippen molar-refractivity contribution in [3.8, 4) is 0 Å². The van der Waals surface area contributed by atoms with Crippen molar-refractivity contribution in [1.29, 1.82) is 0 Å². The summed E-state index contributed by atoms with van der Waals surface area (Å²) in [7, 11) is 0. The Morgan fingerprint density at radius 3 is 2.83 bits per heavy atom. The van der Waals surface area contributed by atoms with E-state index < -0.39 is 0 Å². The first-order chi connectivity index (χ1) is 17.1. The predicted octanol–water partition coefficient (Wildman–Crippen LogP) is 6.21. The Balaban J connectivity index is 0.000000308. The minimum atomic E-state index is -0.294. The van der Waals surface area contributed by atoms with Crippen molar-refractivity contribution in [2.45, 2.75) is 57.2 Å². The average molecular weight is 534 g/mol. The first kappa shape index (κ1) is 26.2.